The lowest BCUT2D eigenvalue weighted by Crippen LogP contribution is -2.56. The number of carboxylic acid groups (broad SMARTS) is 2. The fraction of sp³-hybridized carbons (Fsp3) is 0.700. The third kappa shape index (κ3) is 14.4. The Morgan fingerprint density at radius 2 is 1.31 bits per heavy atom. The number of nitrogens with one attached hydrogen (secondary N) is 3. The van der Waals surface area contributed by atoms with Gasteiger partial charge in [0.2, 0.25) is 17.7 Å². The number of guanidine groups is 1. The average molecular weight is 503 g/mol. The van der Waals surface area contributed by atoms with Crippen molar-refractivity contribution in [2.45, 2.75) is 76.0 Å². The van der Waals surface area contributed by atoms with Crippen molar-refractivity contribution in [3.63, 3.8) is 0 Å². The van der Waals surface area contributed by atoms with Crippen LogP contribution in [0.25, 0.3) is 0 Å². The van der Waals surface area contributed by atoms with Crippen molar-refractivity contribution in [1.29, 1.82) is 0 Å². The Balaban J connectivity index is 5.50. The summed E-state index contributed by atoms with van der Waals surface area (Å²) >= 11 is 0. The van der Waals surface area contributed by atoms with Gasteiger partial charge in [-0.1, -0.05) is 0 Å². The SMILES string of the molecule is CC(N)C(=O)NC(CCCN=C(N)N)C(=O)NC(CCCCN)C(=O)NC(CCC(=O)O)C(=O)O. The smallest absolute Gasteiger partial charge is 0.326 e. The first-order valence-corrected chi connectivity index (χ1v) is 11.3. The Bertz CT molecular complexity index is 756. The molecule has 0 aromatic heterocycles. The molecule has 0 saturated heterocycles. The number of carboxylic acids is 2. The highest BCUT2D eigenvalue weighted by Gasteiger charge is 2.29. The summed E-state index contributed by atoms with van der Waals surface area (Å²) in [5.74, 6) is -4.83. The van der Waals surface area contributed by atoms with E-state index in [9.17, 15) is 29.1 Å². The number of aliphatic imine (C=N–C) groups is 1. The van der Waals surface area contributed by atoms with Gasteiger partial charge in [-0.2, -0.15) is 0 Å². The summed E-state index contributed by atoms with van der Waals surface area (Å²) in [5, 5.41) is 25.4. The van der Waals surface area contributed by atoms with Gasteiger partial charge in [0, 0.05) is 13.0 Å². The summed E-state index contributed by atoms with van der Waals surface area (Å²) in [7, 11) is 0. The number of nitrogens with two attached hydrogens (primary N) is 4. The van der Waals surface area contributed by atoms with Gasteiger partial charge in [-0.3, -0.25) is 24.2 Å². The van der Waals surface area contributed by atoms with Gasteiger partial charge >= 0.3 is 11.9 Å². The summed E-state index contributed by atoms with van der Waals surface area (Å²) in [5.41, 5.74) is 21.6. The second-order valence-corrected chi connectivity index (χ2v) is 7.98. The van der Waals surface area contributed by atoms with E-state index in [-0.39, 0.29) is 31.8 Å². The van der Waals surface area contributed by atoms with Crippen LogP contribution in [0, 0.1) is 0 Å². The molecular formula is C20H38N8O7. The number of nitrogens with zero attached hydrogens (tertiary/aromatic N) is 1. The molecule has 0 rings (SSSR count). The van der Waals surface area contributed by atoms with Gasteiger partial charge in [0.05, 0.1) is 6.04 Å². The number of hydrogen-bond donors (Lipinski definition) is 9. The van der Waals surface area contributed by atoms with Crippen LogP contribution in [-0.2, 0) is 24.0 Å². The third-order valence-corrected chi connectivity index (χ3v) is 4.83. The number of amides is 3. The maximum absolute atomic E-state index is 13.0. The Morgan fingerprint density at radius 1 is 0.800 bits per heavy atom. The molecule has 0 spiro atoms. The number of hydrogen-bond acceptors (Lipinski definition) is 8. The average Bonchev–Trinajstić information content (AvgIpc) is 2.76. The molecule has 35 heavy (non-hydrogen) atoms. The van der Waals surface area contributed by atoms with Crippen LogP contribution in [0.3, 0.4) is 0 Å². The highest BCUT2D eigenvalue weighted by molar-refractivity contribution is 5.94. The van der Waals surface area contributed by atoms with Crippen LogP contribution < -0.4 is 38.9 Å². The van der Waals surface area contributed by atoms with Crippen LogP contribution in [0.1, 0.15) is 51.9 Å². The van der Waals surface area contributed by atoms with E-state index >= 15 is 0 Å². The molecule has 4 unspecified atom stereocenters. The monoisotopic (exact) mass is 502 g/mol. The summed E-state index contributed by atoms with van der Waals surface area (Å²) in [6.07, 6.45) is 0.792. The van der Waals surface area contributed by atoms with E-state index < -0.39 is 60.2 Å². The molecule has 0 radical (unpaired) electrons. The molecule has 3 amide bonds. The van der Waals surface area contributed by atoms with Crippen LogP contribution in [0.5, 0.6) is 0 Å². The van der Waals surface area contributed by atoms with E-state index in [0.717, 1.165) is 0 Å². The zero-order valence-corrected chi connectivity index (χ0v) is 19.9. The molecule has 200 valence electrons. The molecule has 0 fully saturated rings. The largest absolute Gasteiger partial charge is 0.481 e. The minimum absolute atomic E-state index is 0.127. The standard InChI is InChI=1S/C20H38N8O7/c1-11(22)16(31)26-13(6-4-10-25-20(23)24)17(32)27-12(5-2-3-9-21)18(33)28-14(19(34)35)7-8-15(29)30/h11-14H,2-10,21-22H2,1H3,(H,26,31)(H,27,32)(H,28,33)(H,29,30)(H,34,35)(H4,23,24,25). The molecule has 4 atom stereocenters. The predicted molar refractivity (Wildman–Crippen MR) is 127 cm³/mol. The second kappa shape index (κ2) is 17.0. The lowest BCUT2D eigenvalue weighted by Gasteiger charge is -2.25. The molecular weight excluding hydrogens is 464 g/mol. The number of aliphatic carboxylic acids is 2. The highest BCUT2D eigenvalue weighted by Crippen LogP contribution is 2.07. The van der Waals surface area contributed by atoms with Crippen LogP contribution in [-0.4, -0.2) is 83.1 Å². The normalized spacial score (nSPS) is 14.0. The molecule has 0 aliphatic carbocycles. The maximum Gasteiger partial charge on any atom is 0.326 e. The molecule has 15 nitrogen and oxygen atoms in total. The lowest BCUT2D eigenvalue weighted by atomic mass is 10.0. The predicted octanol–water partition coefficient (Wildman–Crippen LogP) is -3.08. The summed E-state index contributed by atoms with van der Waals surface area (Å²) in [6.45, 7) is 1.98. The molecule has 13 N–H and O–H groups in total. The van der Waals surface area contributed by atoms with Gasteiger partial charge in [-0.15, -0.1) is 0 Å². The van der Waals surface area contributed by atoms with E-state index in [0.29, 0.717) is 25.8 Å². The molecule has 0 aromatic rings. The van der Waals surface area contributed by atoms with Crippen molar-refractivity contribution in [2.24, 2.45) is 27.9 Å². The Hall–Kier alpha value is -3.46. The van der Waals surface area contributed by atoms with Crippen LogP contribution in [0.4, 0.5) is 0 Å². The zero-order chi connectivity index (χ0) is 27.0. The van der Waals surface area contributed by atoms with Crippen molar-refractivity contribution >= 4 is 35.6 Å². The van der Waals surface area contributed by atoms with E-state index in [4.69, 9.17) is 28.0 Å². The lowest BCUT2D eigenvalue weighted by molar-refractivity contribution is -0.143. The Kier molecular flexibility index (Phi) is 15.4. The summed E-state index contributed by atoms with van der Waals surface area (Å²) in [6, 6.07) is -4.55. The fourth-order valence-electron chi connectivity index (χ4n) is 2.91. The number of carbonyl (C=O) groups is 5. The molecule has 0 heterocycles. The van der Waals surface area contributed by atoms with Gasteiger partial charge < -0.3 is 49.1 Å². The molecule has 0 saturated carbocycles. The van der Waals surface area contributed by atoms with Crippen LogP contribution >= 0.6 is 0 Å². The third-order valence-electron chi connectivity index (χ3n) is 4.83. The molecule has 0 aliphatic rings. The molecule has 15 heteroatoms. The minimum atomic E-state index is -1.46. The summed E-state index contributed by atoms with van der Waals surface area (Å²) in [4.78, 5) is 63.9. The number of unbranched alkanes of at least 4 members (excludes halogenated alkanes) is 1. The van der Waals surface area contributed by atoms with E-state index in [2.05, 4.69) is 20.9 Å². The zero-order valence-electron chi connectivity index (χ0n) is 19.9. The van der Waals surface area contributed by atoms with E-state index in [1.165, 1.54) is 6.92 Å². The van der Waals surface area contributed by atoms with Gasteiger partial charge in [0.25, 0.3) is 0 Å². The molecule has 0 bridgehead atoms. The number of rotatable bonds is 18. The molecule has 0 aromatic carbocycles. The summed E-state index contributed by atoms with van der Waals surface area (Å²) < 4.78 is 0. The Morgan fingerprint density at radius 3 is 1.77 bits per heavy atom. The van der Waals surface area contributed by atoms with Crippen molar-refractivity contribution in [1.82, 2.24) is 16.0 Å². The first kappa shape index (κ1) is 31.5. The van der Waals surface area contributed by atoms with Gasteiger partial charge in [-0.05, 0) is 52.0 Å². The quantitative estimate of drug-likeness (QED) is 0.0514. The second-order valence-electron chi connectivity index (χ2n) is 7.98. The van der Waals surface area contributed by atoms with Crippen LogP contribution in [0.2, 0.25) is 0 Å². The van der Waals surface area contributed by atoms with E-state index in [1.807, 2.05) is 0 Å². The Labute approximate surface area is 203 Å². The van der Waals surface area contributed by atoms with Gasteiger partial charge in [0.15, 0.2) is 5.96 Å². The first-order valence-electron chi connectivity index (χ1n) is 11.3. The van der Waals surface area contributed by atoms with Crippen molar-refractivity contribution in [3.8, 4) is 0 Å². The van der Waals surface area contributed by atoms with Gasteiger partial charge in [0.1, 0.15) is 18.1 Å². The van der Waals surface area contributed by atoms with Gasteiger partial charge in [-0.25, -0.2) is 4.79 Å². The van der Waals surface area contributed by atoms with Crippen LogP contribution in [0.15, 0.2) is 4.99 Å². The molecule has 0 aliphatic heterocycles. The highest BCUT2D eigenvalue weighted by atomic mass is 16.4. The topological polar surface area (TPSA) is 278 Å². The number of carbonyl (C=O) groups excluding carboxylic acids is 3. The first-order chi connectivity index (χ1) is 16.4. The van der Waals surface area contributed by atoms with Crippen molar-refractivity contribution in [2.75, 3.05) is 13.1 Å². The van der Waals surface area contributed by atoms with Crippen molar-refractivity contribution in [3.05, 3.63) is 0 Å². The van der Waals surface area contributed by atoms with Crippen molar-refractivity contribution < 1.29 is 34.2 Å². The fourth-order valence-corrected chi connectivity index (χ4v) is 2.91. The maximum atomic E-state index is 13.0. The minimum Gasteiger partial charge on any atom is -0.481 e. The van der Waals surface area contributed by atoms with E-state index in [1.54, 1.807) is 0 Å².